The Balaban J connectivity index is 2.01. The Morgan fingerprint density at radius 2 is 1.50 bits per heavy atom. The van der Waals surface area contributed by atoms with Crippen LogP contribution < -0.4 is 4.18 Å². The van der Waals surface area contributed by atoms with Crippen LogP contribution in [0.5, 0.6) is 11.5 Å². The monoisotopic (exact) mass is 342 g/mol. The minimum absolute atomic E-state index is 0.0313. The molecule has 0 saturated heterocycles. The van der Waals surface area contributed by atoms with Crippen LogP contribution in [0.15, 0.2) is 65.6 Å². The van der Waals surface area contributed by atoms with Gasteiger partial charge >= 0.3 is 10.1 Å². The van der Waals surface area contributed by atoms with Crippen molar-refractivity contribution in [3.05, 3.63) is 66.2 Å². The van der Waals surface area contributed by atoms with E-state index in [0.29, 0.717) is 16.7 Å². The number of hydrogen-bond acceptors (Lipinski definition) is 4. The van der Waals surface area contributed by atoms with Crippen molar-refractivity contribution in [1.29, 1.82) is 0 Å². The molecule has 0 fully saturated rings. The molecule has 0 amide bonds. The first-order valence-corrected chi connectivity index (χ1v) is 9.04. The number of fused-ring (bicyclic) bond motifs is 1. The van der Waals surface area contributed by atoms with Crippen LogP contribution in [-0.4, -0.2) is 13.5 Å². The maximum atomic E-state index is 12.6. The second kappa shape index (κ2) is 6.17. The number of rotatable bonds is 4. The Bertz CT molecular complexity index is 974. The van der Waals surface area contributed by atoms with Crippen molar-refractivity contribution in [1.82, 2.24) is 0 Å². The van der Waals surface area contributed by atoms with Gasteiger partial charge in [-0.15, -0.1) is 0 Å². The van der Waals surface area contributed by atoms with Gasteiger partial charge < -0.3 is 9.29 Å². The number of benzene rings is 3. The summed E-state index contributed by atoms with van der Waals surface area (Å²) in [5, 5.41) is 10.8. The Morgan fingerprint density at radius 1 is 0.875 bits per heavy atom. The highest BCUT2D eigenvalue weighted by molar-refractivity contribution is 7.87. The molecule has 0 atom stereocenters. The Hall–Kier alpha value is -2.53. The third-order valence-electron chi connectivity index (χ3n) is 3.88. The maximum Gasteiger partial charge on any atom is 0.339 e. The van der Waals surface area contributed by atoms with Gasteiger partial charge in [-0.1, -0.05) is 50.2 Å². The average molecular weight is 342 g/mol. The first-order chi connectivity index (χ1) is 11.4. The molecule has 0 unspecified atom stereocenters. The quantitative estimate of drug-likeness (QED) is 0.712. The minimum atomic E-state index is -4.00. The lowest BCUT2D eigenvalue weighted by Crippen LogP contribution is -2.10. The van der Waals surface area contributed by atoms with Gasteiger partial charge in [-0.05, 0) is 35.7 Å². The van der Waals surface area contributed by atoms with Crippen LogP contribution in [0.25, 0.3) is 10.8 Å². The van der Waals surface area contributed by atoms with Crippen molar-refractivity contribution < 1.29 is 17.7 Å². The summed E-state index contributed by atoms with van der Waals surface area (Å²) < 4.78 is 30.5. The molecule has 0 aromatic heterocycles. The van der Waals surface area contributed by atoms with E-state index in [4.69, 9.17) is 4.18 Å². The Labute approximate surface area is 141 Å². The van der Waals surface area contributed by atoms with E-state index in [9.17, 15) is 13.5 Å². The first-order valence-electron chi connectivity index (χ1n) is 7.63. The summed E-state index contributed by atoms with van der Waals surface area (Å²) in [6, 6.07) is 16.5. The van der Waals surface area contributed by atoms with Crippen molar-refractivity contribution in [2.75, 3.05) is 0 Å². The minimum Gasteiger partial charge on any atom is -0.507 e. The molecule has 0 radical (unpaired) electrons. The lowest BCUT2D eigenvalue weighted by Gasteiger charge is -2.11. The molecular weight excluding hydrogens is 324 g/mol. The van der Waals surface area contributed by atoms with Gasteiger partial charge in [-0.2, -0.15) is 8.42 Å². The third kappa shape index (κ3) is 3.08. The van der Waals surface area contributed by atoms with Crippen LogP contribution in [-0.2, 0) is 10.1 Å². The van der Waals surface area contributed by atoms with Crippen molar-refractivity contribution in [3.63, 3.8) is 0 Å². The van der Waals surface area contributed by atoms with E-state index < -0.39 is 10.1 Å². The molecule has 1 N–H and O–H groups in total. The summed E-state index contributed by atoms with van der Waals surface area (Å²) in [4.78, 5) is 0.0313. The highest BCUT2D eigenvalue weighted by Gasteiger charge is 2.21. The topological polar surface area (TPSA) is 63.6 Å². The van der Waals surface area contributed by atoms with Gasteiger partial charge in [0.15, 0.2) is 0 Å². The first kappa shape index (κ1) is 16.3. The molecule has 3 aromatic rings. The van der Waals surface area contributed by atoms with E-state index in [0.717, 1.165) is 5.56 Å². The molecule has 24 heavy (non-hydrogen) atoms. The zero-order valence-corrected chi connectivity index (χ0v) is 14.2. The van der Waals surface area contributed by atoms with Gasteiger partial charge in [0.25, 0.3) is 0 Å². The lowest BCUT2D eigenvalue weighted by atomic mass is 10.0. The van der Waals surface area contributed by atoms with Crippen LogP contribution in [0.2, 0.25) is 0 Å². The van der Waals surface area contributed by atoms with Crippen molar-refractivity contribution in [3.8, 4) is 11.5 Å². The zero-order chi connectivity index (χ0) is 17.3. The van der Waals surface area contributed by atoms with Gasteiger partial charge in [0, 0.05) is 10.8 Å². The summed E-state index contributed by atoms with van der Waals surface area (Å²) >= 11 is 0. The largest absolute Gasteiger partial charge is 0.507 e. The number of phenols is 1. The van der Waals surface area contributed by atoms with Crippen LogP contribution >= 0.6 is 0 Å². The number of hydrogen-bond donors (Lipinski definition) is 1. The normalized spacial score (nSPS) is 11.8. The summed E-state index contributed by atoms with van der Waals surface area (Å²) in [6.07, 6.45) is 0. The van der Waals surface area contributed by atoms with Crippen molar-refractivity contribution >= 4 is 20.9 Å². The maximum absolute atomic E-state index is 12.6. The third-order valence-corrected chi connectivity index (χ3v) is 5.19. The summed E-state index contributed by atoms with van der Waals surface area (Å²) in [7, 11) is -4.00. The second-order valence-electron chi connectivity index (χ2n) is 5.89. The smallest absolute Gasteiger partial charge is 0.339 e. The predicted octanol–water partition coefficient (Wildman–Crippen LogP) is 4.44. The molecule has 0 heterocycles. The fraction of sp³-hybridized carbons (Fsp3) is 0.158. The number of phenolic OH excluding ortho intramolecular Hbond substituents is 1. The molecule has 3 aromatic carbocycles. The molecule has 0 aliphatic rings. The molecule has 0 saturated carbocycles. The van der Waals surface area contributed by atoms with Crippen LogP contribution in [0, 0.1) is 0 Å². The Morgan fingerprint density at radius 3 is 2.12 bits per heavy atom. The molecule has 0 aliphatic heterocycles. The van der Waals surface area contributed by atoms with Gasteiger partial charge in [0.1, 0.15) is 16.4 Å². The molecule has 0 bridgehead atoms. The summed E-state index contributed by atoms with van der Waals surface area (Å²) in [5.41, 5.74) is 1.11. The molecule has 0 aliphatic carbocycles. The van der Waals surface area contributed by atoms with E-state index in [1.807, 2.05) is 12.1 Å². The van der Waals surface area contributed by atoms with E-state index in [1.165, 1.54) is 12.1 Å². The highest BCUT2D eigenvalue weighted by Crippen LogP contribution is 2.31. The van der Waals surface area contributed by atoms with Gasteiger partial charge in [-0.25, -0.2) is 0 Å². The van der Waals surface area contributed by atoms with Crippen LogP contribution in [0.3, 0.4) is 0 Å². The predicted molar refractivity (Wildman–Crippen MR) is 94.0 cm³/mol. The average Bonchev–Trinajstić information content (AvgIpc) is 2.55. The summed E-state index contributed by atoms with van der Waals surface area (Å²) in [6.45, 7) is 4.13. The molecule has 5 heteroatoms. The molecule has 0 spiro atoms. The van der Waals surface area contributed by atoms with Crippen molar-refractivity contribution in [2.45, 2.75) is 24.7 Å². The van der Waals surface area contributed by atoms with Crippen LogP contribution in [0.4, 0.5) is 0 Å². The zero-order valence-electron chi connectivity index (χ0n) is 13.4. The second-order valence-corrected chi connectivity index (χ2v) is 7.40. The van der Waals surface area contributed by atoms with E-state index in [1.54, 1.807) is 36.4 Å². The standard InChI is InChI=1S/C19H18O4S/c1-13(2)14-7-9-15(10-8-14)23-24(21,22)19-12-11-18(20)16-5-3-4-6-17(16)19/h3-13,20H,1-2H3. The van der Waals surface area contributed by atoms with E-state index in [-0.39, 0.29) is 16.4 Å². The Kier molecular flexibility index (Phi) is 4.20. The lowest BCUT2D eigenvalue weighted by molar-refractivity contribution is 0.480. The van der Waals surface area contributed by atoms with Gasteiger partial charge in [0.2, 0.25) is 0 Å². The van der Waals surface area contributed by atoms with Crippen LogP contribution in [0.1, 0.15) is 25.3 Å². The SMILES string of the molecule is CC(C)c1ccc(OS(=O)(=O)c2ccc(O)c3ccccc23)cc1. The molecule has 124 valence electrons. The highest BCUT2D eigenvalue weighted by atomic mass is 32.2. The number of aromatic hydroxyl groups is 1. The van der Waals surface area contributed by atoms with Gasteiger partial charge in [0.05, 0.1) is 0 Å². The fourth-order valence-corrected chi connectivity index (χ4v) is 3.69. The fourth-order valence-electron chi connectivity index (χ4n) is 2.55. The van der Waals surface area contributed by atoms with E-state index >= 15 is 0 Å². The molecule has 4 nitrogen and oxygen atoms in total. The summed E-state index contributed by atoms with van der Waals surface area (Å²) in [5.74, 6) is 0.652. The van der Waals surface area contributed by atoms with E-state index in [2.05, 4.69) is 13.8 Å². The molecule has 3 rings (SSSR count). The van der Waals surface area contributed by atoms with Gasteiger partial charge in [-0.3, -0.25) is 0 Å². The van der Waals surface area contributed by atoms with Crippen molar-refractivity contribution in [2.24, 2.45) is 0 Å². The molecular formula is C19H18O4S.